The maximum absolute atomic E-state index is 12.0. The zero-order chi connectivity index (χ0) is 22.8. The molecule has 4 bridgehead atoms. The number of nitrogens with zero attached hydrogens (tertiary/aromatic N) is 1. The molecule has 0 N–H and O–H groups in total. The lowest BCUT2D eigenvalue weighted by atomic mass is 9.35. The van der Waals surface area contributed by atoms with E-state index in [4.69, 9.17) is 13.7 Å². The molecule has 1 saturated heterocycles. The number of hydrogen-bond donors (Lipinski definition) is 0. The minimum atomic E-state index is -3.52. The summed E-state index contributed by atoms with van der Waals surface area (Å²) in [4.78, 5) is 2.81. The van der Waals surface area contributed by atoms with Crippen LogP contribution < -0.4 is 4.74 Å². The van der Waals surface area contributed by atoms with E-state index >= 15 is 0 Å². The third-order valence-electron chi connectivity index (χ3n) is 10.5. The predicted molar refractivity (Wildman–Crippen MR) is 124 cm³/mol. The summed E-state index contributed by atoms with van der Waals surface area (Å²) in [6.45, 7) is 4.68. The number of benzene rings is 1. The third kappa shape index (κ3) is 2.52. The van der Waals surface area contributed by atoms with Gasteiger partial charge in [-0.2, -0.15) is 8.42 Å². The van der Waals surface area contributed by atoms with Crippen LogP contribution in [0.25, 0.3) is 0 Å². The van der Waals surface area contributed by atoms with Crippen LogP contribution in [0.2, 0.25) is 0 Å². The normalized spacial score (nSPS) is 42.8. The summed E-state index contributed by atoms with van der Waals surface area (Å²) in [5, 5.41) is 0. The van der Waals surface area contributed by atoms with E-state index in [1.54, 1.807) is 7.11 Å². The molecule has 7 heteroatoms. The quantitative estimate of drug-likeness (QED) is 0.592. The van der Waals surface area contributed by atoms with Gasteiger partial charge in [0, 0.05) is 42.0 Å². The van der Waals surface area contributed by atoms with Gasteiger partial charge in [-0.05, 0) is 75.5 Å². The van der Waals surface area contributed by atoms with Crippen LogP contribution in [0.4, 0.5) is 0 Å². The van der Waals surface area contributed by atoms with Crippen molar-refractivity contribution < 1.29 is 22.1 Å². The lowest BCUT2D eigenvalue weighted by Gasteiger charge is -2.74. The van der Waals surface area contributed by atoms with Crippen LogP contribution >= 0.6 is 0 Å². The minimum Gasteiger partial charge on any atom is -0.486 e. The largest absolute Gasteiger partial charge is 0.486 e. The molecule has 0 radical (unpaired) electrons. The molecule has 2 aliphatic heterocycles. The maximum Gasteiger partial charge on any atom is 0.264 e. The molecule has 4 saturated carbocycles. The molecule has 1 aromatic rings. The first kappa shape index (κ1) is 21.2. The number of aryl methyl sites for hydroxylation is 1. The van der Waals surface area contributed by atoms with E-state index < -0.39 is 15.7 Å². The molecule has 8 rings (SSSR count). The maximum atomic E-state index is 12.0. The van der Waals surface area contributed by atoms with Crippen molar-refractivity contribution in [3.05, 3.63) is 28.8 Å². The van der Waals surface area contributed by atoms with Crippen molar-refractivity contribution >= 4 is 10.1 Å². The second-order valence-electron chi connectivity index (χ2n) is 11.8. The fourth-order valence-electron chi connectivity index (χ4n) is 9.10. The van der Waals surface area contributed by atoms with Crippen molar-refractivity contribution in [1.29, 1.82) is 0 Å². The van der Waals surface area contributed by atoms with Crippen molar-refractivity contribution in [3.8, 4) is 5.75 Å². The van der Waals surface area contributed by atoms with Crippen LogP contribution in [-0.2, 0) is 30.9 Å². The van der Waals surface area contributed by atoms with Crippen LogP contribution in [-0.4, -0.2) is 64.1 Å². The highest BCUT2D eigenvalue weighted by atomic mass is 32.2. The summed E-state index contributed by atoms with van der Waals surface area (Å²) in [6.07, 6.45) is 8.97. The predicted octanol–water partition coefficient (Wildman–Crippen LogP) is 3.20. The van der Waals surface area contributed by atoms with Gasteiger partial charge >= 0.3 is 0 Å². The average Bonchev–Trinajstić information content (AvgIpc) is 3.52. The molecule has 5 aliphatic carbocycles. The van der Waals surface area contributed by atoms with Crippen LogP contribution in [0.15, 0.2) is 12.1 Å². The van der Waals surface area contributed by atoms with E-state index in [1.165, 1.54) is 36.1 Å². The second kappa shape index (κ2) is 6.54. The molecule has 6 nitrogen and oxygen atoms in total. The Morgan fingerprint density at radius 2 is 2.03 bits per heavy atom. The first-order valence-corrected chi connectivity index (χ1v) is 14.5. The molecule has 2 spiro atoms. The van der Waals surface area contributed by atoms with Crippen molar-refractivity contribution in [2.75, 3.05) is 33.1 Å². The summed E-state index contributed by atoms with van der Waals surface area (Å²) < 4.78 is 42.7. The SMILES string of the molecule is CO[C@]12CC[C@@]3(C[C@H]1COS(C)(=O)=O)[C@H]1Cc4ccc(C)c5c4[C@@]3(CCN1CC1CC1)[C@H]2O5. The minimum absolute atomic E-state index is 0.00337. The van der Waals surface area contributed by atoms with Crippen LogP contribution in [0.5, 0.6) is 5.75 Å². The number of rotatable bonds is 6. The summed E-state index contributed by atoms with van der Waals surface area (Å²) >= 11 is 0. The van der Waals surface area contributed by atoms with E-state index in [1.807, 2.05) is 0 Å². The van der Waals surface area contributed by atoms with E-state index in [9.17, 15) is 8.42 Å². The molecule has 0 amide bonds. The summed E-state index contributed by atoms with van der Waals surface area (Å²) in [5.74, 6) is 1.95. The average molecular weight is 474 g/mol. The van der Waals surface area contributed by atoms with Crippen LogP contribution in [0.1, 0.15) is 55.2 Å². The topological polar surface area (TPSA) is 65.1 Å². The third-order valence-corrected chi connectivity index (χ3v) is 11.1. The summed E-state index contributed by atoms with van der Waals surface area (Å²) in [7, 11) is -1.72. The number of ether oxygens (including phenoxy) is 2. The van der Waals surface area contributed by atoms with Gasteiger partial charge in [0.1, 0.15) is 17.5 Å². The van der Waals surface area contributed by atoms with Gasteiger partial charge < -0.3 is 9.47 Å². The first-order valence-electron chi connectivity index (χ1n) is 12.7. The smallest absolute Gasteiger partial charge is 0.264 e. The van der Waals surface area contributed by atoms with Crippen molar-refractivity contribution in [2.24, 2.45) is 17.3 Å². The van der Waals surface area contributed by atoms with Gasteiger partial charge in [0.05, 0.1) is 12.9 Å². The van der Waals surface area contributed by atoms with Crippen molar-refractivity contribution in [1.82, 2.24) is 4.90 Å². The Kier molecular flexibility index (Phi) is 4.19. The number of hydrogen-bond acceptors (Lipinski definition) is 6. The molecule has 0 aromatic heterocycles. The lowest BCUT2D eigenvalue weighted by molar-refractivity contribution is -0.280. The molecule has 1 aromatic carbocycles. The number of piperidine rings is 1. The summed E-state index contributed by atoms with van der Waals surface area (Å²) in [5.41, 5.74) is 3.68. The Morgan fingerprint density at radius 1 is 1.21 bits per heavy atom. The number of likely N-dealkylation sites (tertiary alicyclic amines) is 1. The van der Waals surface area contributed by atoms with E-state index in [2.05, 4.69) is 24.0 Å². The molecule has 2 heterocycles. The van der Waals surface area contributed by atoms with Gasteiger partial charge in [0.25, 0.3) is 10.1 Å². The van der Waals surface area contributed by atoms with Crippen LogP contribution in [0, 0.1) is 24.2 Å². The molecular weight excluding hydrogens is 438 g/mol. The lowest BCUT2D eigenvalue weighted by Crippen LogP contribution is -2.81. The van der Waals surface area contributed by atoms with Crippen LogP contribution in [0.3, 0.4) is 0 Å². The Balaban J connectivity index is 1.41. The molecule has 180 valence electrons. The molecule has 0 unspecified atom stereocenters. The van der Waals surface area contributed by atoms with Gasteiger partial charge in [-0.25, -0.2) is 0 Å². The summed E-state index contributed by atoms with van der Waals surface area (Å²) in [6, 6.07) is 5.07. The molecule has 6 atom stereocenters. The molecule has 33 heavy (non-hydrogen) atoms. The second-order valence-corrected chi connectivity index (χ2v) is 13.5. The van der Waals surface area contributed by atoms with Gasteiger partial charge in [-0.3, -0.25) is 9.08 Å². The van der Waals surface area contributed by atoms with Gasteiger partial charge in [-0.1, -0.05) is 12.1 Å². The van der Waals surface area contributed by atoms with Gasteiger partial charge in [0.15, 0.2) is 0 Å². The number of methoxy groups -OCH3 is 1. The van der Waals surface area contributed by atoms with E-state index in [-0.39, 0.29) is 29.5 Å². The van der Waals surface area contributed by atoms with Gasteiger partial charge in [-0.15, -0.1) is 0 Å². The Hall–Kier alpha value is -1.15. The highest BCUT2D eigenvalue weighted by molar-refractivity contribution is 7.85. The molecule has 5 fully saturated rings. The first-order chi connectivity index (χ1) is 15.7. The number of fused-ring (bicyclic) bond motifs is 2. The highest BCUT2D eigenvalue weighted by Crippen LogP contribution is 2.76. The Labute approximate surface area is 197 Å². The fraction of sp³-hybridized carbons (Fsp3) is 0.769. The van der Waals surface area contributed by atoms with E-state index in [0.717, 1.165) is 56.6 Å². The zero-order valence-corrected chi connectivity index (χ0v) is 20.7. The zero-order valence-electron chi connectivity index (χ0n) is 19.9. The Bertz CT molecular complexity index is 1130. The molecule has 7 aliphatic rings. The van der Waals surface area contributed by atoms with E-state index in [0.29, 0.717) is 6.04 Å². The molecular formula is C26H35NO5S. The van der Waals surface area contributed by atoms with Gasteiger partial charge in [0.2, 0.25) is 0 Å². The monoisotopic (exact) mass is 473 g/mol. The van der Waals surface area contributed by atoms with Crippen molar-refractivity contribution in [3.63, 3.8) is 0 Å². The Morgan fingerprint density at radius 3 is 2.76 bits per heavy atom. The van der Waals surface area contributed by atoms with Crippen molar-refractivity contribution in [2.45, 2.75) is 75.0 Å². The highest BCUT2D eigenvalue weighted by Gasteiger charge is 2.80. The fourth-order valence-corrected chi connectivity index (χ4v) is 9.51. The standard InChI is InChI=1S/C26H35NO5S/c1-16-4-7-18-12-20-24-8-9-26(30-2,19(13-24)15-31-33(3,28)29)23-25(24,21(18)22(16)32-23)10-11-27(20)14-17-5-6-17/h4,7,17,19-20,23H,5-6,8-15H2,1-3H3/t19-,20+,23+,24+,25-,26+/m0/s1.